The topological polar surface area (TPSA) is 31.6 Å². The zero-order chi connectivity index (χ0) is 16.7. The molecule has 2 N–H and O–H groups in total. The van der Waals surface area contributed by atoms with E-state index in [1.54, 1.807) is 0 Å². The molecule has 0 amide bonds. The summed E-state index contributed by atoms with van der Waals surface area (Å²) in [6, 6.07) is 8.51. The van der Waals surface area contributed by atoms with Crippen molar-refractivity contribution in [1.82, 2.24) is 9.97 Å². The molecule has 124 valence electrons. The Hall–Kier alpha value is -0.820. The Bertz CT molecular complexity index is 791. The summed E-state index contributed by atoms with van der Waals surface area (Å²) in [5, 5.41) is 0. The number of allylic oxidation sites excluding steroid dienone is 4. The number of H-pyrrole nitrogens is 2. The van der Waals surface area contributed by atoms with Gasteiger partial charge in [0.15, 0.2) is 0 Å². The maximum absolute atomic E-state index is 3.41. The molecule has 0 saturated heterocycles. The molecule has 2 nitrogen and oxygen atoms in total. The standard InChI is InChI=1S/C18H18N2S4/c1-10-11(2)22-17(21-10)18-23-12(3)16(24-18)15(13-6-4-8-19-13)14-7-5-9-20-14/h4-9,15,19-20H,1-3H3. The van der Waals surface area contributed by atoms with Gasteiger partial charge in [-0.1, -0.05) is 47.0 Å². The van der Waals surface area contributed by atoms with Crippen LogP contribution in [0, 0.1) is 0 Å². The van der Waals surface area contributed by atoms with Crippen LogP contribution in [0.3, 0.4) is 0 Å². The van der Waals surface area contributed by atoms with Crippen molar-refractivity contribution in [3.63, 3.8) is 0 Å². The Morgan fingerprint density at radius 2 is 1.21 bits per heavy atom. The highest BCUT2D eigenvalue weighted by molar-refractivity contribution is 8.34. The largest absolute Gasteiger partial charge is 0.364 e. The molecule has 4 rings (SSSR count). The molecule has 0 aliphatic carbocycles. The van der Waals surface area contributed by atoms with E-state index in [0.29, 0.717) is 0 Å². The summed E-state index contributed by atoms with van der Waals surface area (Å²) >= 11 is 7.70. The molecule has 0 bridgehead atoms. The van der Waals surface area contributed by atoms with Gasteiger partial charge in [-0.05, 0) is 59.8 Å². The fourth-order valence-corrected chi connectivity index (χ4v) is 8.37. The fraction of sp³-hybridized carbons (Fsp3) is 0.222. The molecule has 6 heteroatoms. The van der Waals surface area contributed by atoms with Crippen LogP contribution in [-0.2, 0) is 0 Å². The molecule has 0 saturated carbocycles. The van der Waals surface area contributed by atoms with Crippen LogP contribution in [0.15, 0.2) is 64.8 Å². The summed E-state index contributed by atoms with van der Waals surface area (Å²) in [6.45, 7) is 6.68. The molecule has 0 unspecified atom stereocenters. The second kappa shape index (κ2) is 6.83. The van der Waals surface area contributed by atoms with Gasteiger partial charge in [0.2, 0.25) is 0 Å². The van der Waals surface area contributed by atoms with Crippen LogP contribution >= 0.6 is 47.0 Å². The summed E-state index contributed by atoms with van der Waals surface area (Å²) in [5.41, 5.74) is 2.48. The molecule has 2 aliphatic heterocycles. The Morgan fingerprint density at radius 1 is 0.708 bits per heavy atom. The predicted molar refractivity (Wildman–Crippen MR) is 112 cm³/mol. The first-order chi connectivity index (χ1) is 11.6. The normalized spacial score (nSPS) is 18.7. The number of rotatable bonds is 3. The SMILES string of the molecule is CC1=C(C)SC(=C2SC(C)=C(C(c3ccc[nH]3)c3ccc[nH]3)S2)S1. The van der Waals surface area contributed by atoms with E-state index in [1.807, 2.05) is 59.4 Å². The summed E-state index contributed by atoms with van der Waals surface area (Å²) < 4.78 is 2.86. The second-order valence-electron chi connectivity index (χ2n) is 5.70. The smallest absolute Gasteiger partial charge is 0.0712 e. The lowest BCUT2D eigenvalue weighted by Gasteiger charge is -2.16. The molecule has 0 spiro atoms. The Morgan fingerprint density at radius 3 is 1.71 bits per heavy atom. The van der Waals surface area contributed by atoms with Gasteiger partial charge < -0.3 is 9.97 Å². The number of aromatic nitrogens is 2. The van der Waals surface area contributed by atoms with E-state index in [0.717, 1.165) is 0 Å². The van der Waals surface area contributed by atoms with Crippen LogP contribution in [-0.4, -0.2) is 9.97 Å². The van der Waals surface area contributed by atoms with Crippen LogP contribution in [0.4, 0.5) is 0 Å². The van der Waals surface area contributed by atoms with E-state index in [2.05, 4.69) is 55.0 Å². The third-order valence-corrected chi connectivity index (χ3v) is 9.92. The van der Waals surface area contributed by atoms with E-state index < -0.39 is 0 Å². The molecule has 24 heavy (non-hydrogen) atoms. The van der Waals surface area contributed by atoms with Crippen molar-refractivity contribution >= 4 is 47.0 Å². The lowest BCUT2D eigenvalue weighted by molar-refractivity contribution is 0.917. The monoisotopic (exact) mass is 390 g/mol. The quantitative estimate of drug-likeness (QED) is 0.588. The maximum Gasteiger partial charge on any atom is 0.0712 e. The lowest BCUT2D eigenvalue weighted by Crippen LogP contribution is -2.03. The van der Waals surface area contributed by atoms with E-state index in [-0.39, 0.29) is 5.92 Å². The van der Waals surface area contributed by atoms with Crippen molar-refractivity contribution in [1.29, 1.82) is 0 Å². The highest BCUT2D eigenvalue weighted by Gasteiger charge is 2.32. The molecule has 0 radical (unpaired) electrons. The Kier molecular flexibility index (Phi) is 4.73. The Balaban J connectivity index is 1.68. The minimum Gasteiger partial charge on any atom is -0.364 e. The van der Waals surface area contributed by atoms with Gasteiger partial charge in [-0.3, -0.25) is 0 Å². The van der Waals surface area contributed by atoms with Gasteiger partial charge in [-0.2, -0.15) is 0 Å². The van der Waals surface area contributed by atoms with Gasteiger partial charge in [0.05, 0.1) is 14.4 Å². The molecule has 0 atom stereocenters. The molecule has 4 heterocycles. The molecule has 0 aromatic carbocycles. The highest BCUT2D eigenvalue weighted by atomic mass is 32.2. The van der Waals surface area contributed by atoms with Crippen LogP contribution in [0.5, 0.6) is 0 Å². The van der Waals surface area contributed by atoms with Crippen molar-refractivity contribution < 1.29 is 0 Å². The summed E-state index contributed by atoms with van der Waals surface area (Å²) in [4.78, 5) is 12.5. The third kappa shape index (κ3) is 3.05. The summed E-state index contributed by atoms with van der Waals surface area (Å²) in [7, 11) is 0. The molecule has 0 fully saturated rings. The van der Waals surface area contributed by atoms with E-state index >= 15 is 0 Å². The van der Waals surface area contributed by atoms with Crippen LogP contribution < -0.4 is 0 Å². The van der Waals surface area contributed by atoms with Crippen molar-refractivity contribution in [2.24, 2.45) is 0 Å². The first-order valence-corrected chi connectivity index (χ1v) is 11.0. The van der Waals surface area contributed by atoms with Crippen LogP contribution in [0.1, 0.15) is 38.1 Å². The molecule has 2 aromatic rings. The highest BCUT2D eigenvalue weighted by Crippen LogP contribution is 2.62. The van der Waals surface area contributed by atoms with Gasteiger partial charge in [0.25, 0.3) is 0 Å². The lowest BCUT2D eigenvalue weighted by atomic mass is 10.0. The van der Waals surface area contributed by atoms with Gasteiger partial charge in [-0.15, -0.1) is 0 Å². The second-order valence-corrected chi connectivity index (χ2v) is 10.9. The zero-order valence-corrected chi connectivity index (χ0v) is 16.9. The van der Waals surface area contributed by atoms with E-state index in [9.17, 15) is 0 Å². The minimum absolute atomic E-state index is 0.247. The molecule has 2 aromatic heterocycles. The van der Waals surface area contributed by atoms with Crippen LogP contribution in [0.2, 0.25) is 0 Å². The maximum atomic E-state index is 3.41. The molecule has 2 aliphatic rings. The van der Waals surface area contributed by atoms with Gasteiger partial charge in [0, 0.05) is 28.7 Å². The van der Waals surface area contributed by atoms with Gasteiger partial charge >= 0.3 is 0 Å². The molecular weight excluding hydrogens is 372 g/mol. The number of hydrogen-bond donors (Lipinski definition) is 2. The zero-order valence-electron chi connectivity index (χ0n) is 13.7. The van der Waals surface area contributed by atoms with Crippen molar-refractivity contribution in [2.45, 2.75) is 26.7 Å². The summed E-state index contributed by atoms with van der Waals surface area (Å²) in [6.07, 6.45) is 4.01. The first kappa shape index (κ1) is 16.6. The Labute approximate surface area is 159 Å². The van der Waals surface area contributed by atoms with Crippen molar-refractivity contribution in [2.75, 3.05) is 0 Å². The first-order valence-electron chi connectivity index (χ1n) is 7.74. The number of hydrogen-bond acceptors (Lipinski definition) is 4. The summed E-state index contributed by atoms with van der Waals surface area (Å²) in [5.74, 6) is 0.247. The van der Waals surface area contributed by atoms with Gasteiger partial charge in [0.1, 0.15) is 0 Å². The van der Waals surface area contributed by atoms with Gasteiger partial charge in [-0.25, -0.2) is 0 Å². The van der Waals surface area contributed by atoms with Crippen molar-refractivity contribution in [3.8, 4) is 0 Å². The number of thioether (sulfide) groups is 4. The van der Waals surface area contributed by atoms with Crippen molar-refractivity contribution in [3.05, 3.63) is 76.1 Å². The van der Waals surface area contributed by atoms with E-state index in [4.69, 9.17) is 0 Å². The average molecular weight is 391 g/mol. The minimum atomic E-state index is 0.247. The number of aromatic amines is 2. The van der Waals surface area contributed by atoms with Crippen LogP contribution in [0.25, 0.3) is 0 Å². The predicted octanol–water partition coefficient (Wildman–Crippen LogP) is 7.04. The fourth-order valence-electron chi connectivity index (χ4n) is 2.75. The number of nitrogens with one attached hydrogen (secondary N) is 2. The average Bonchev–Trinajstić information content (AvgIpc) is 3.31. The van der Waals surface area contributed by atoms with E-state index in [1.165, 1.54) is 39.5 Å². The molecular formula is C18H18N2S4. The third-order valence-electron chi connectivity index (χ3n) is 4.08.